The Balaban J connectivity index is 2.04. The van der Waals surface area contributed by atoms with Gasteiger partial charge in [-0.05, 0) is 109 Å². The van der Waals surface area contributed by atoms with Crippen LogP contribution in [0.25, 0.3) is 0 Å². The van der Waals surface area contributed by atoms with Crippen LogP contribution in [-0.2, 0) is 13.7 Å². The van der Waals surface area contributed by atoms with Gasteiger partial charge in [-0.2, -0.15) is 8.42 Å². The molecular formula is C32H39N3O3S2. The SMILES string of the molecule is Cc1ccc(S(=O)(=O)OS(c2ccc(N(C)C)cc2)(c2ccc(N(C)C)cc2)c2ccc(N(C)C)cc2)c(C)c1. The molecule has 0 amide bonds. The van der Waals surface area contributed by atoms with E-state index in [1.807, 2.05) is 156 Å². The van der Waals surface area contributed by atoms with E-state index in [-0.39, 0.29) is 4.90 Å². The predicted molar refractivity (Wildman–Crippen MR) is 169 cm³/mol. The molecule has 0 saturated carbocycles. The van der Waals surface area contributed by atoms with Gasteiger partial charge in [0.05, 0.1) is 4.90 Å². The van der Waals surface area contributed by atoms with Crippen molar-refractivity contribution in [1.29, 1.82) is 0 Å². The van der Waals surface area contributed by atoms with E-state index in [9.17, 15) is 8.42 Å². The Morgan fingerprint density at radius 2 is 0.875 bits per heavy atom. The largest absolute Gasteiger partial charge is 0.378 e. The van der Waals surface area contributed by atoms with E-state index >= 15 is 0 Å². The Morgan fingerprint density at radius 3 is 1.18 bits per heavy atom. The van der Waals surface area contributed by atoms with Crippen molar-refractivity contribution in [2.45, 2.75) is 33.4 Å². The zero-order valence-electron chi connectivity index (χ0n) is 24.5. The highest BCUT2D eigenvalue weighted by Gasteiger charge is 2.39. The van der Waals surface area contributed by atoms with Crippen LogP contribution in [0.3, 0.4) is 0 Å². The highest BCUT2D eigenvalue weighted by Crippen LogP contribution is 2.70. The van der Waals surface area contributed by atoms with Crippen molar-refractivity contribution in [3.05, 3.63) is 102 Å². The smallest absolute Gasteiger partial charge is 0.307 e. The maximum atomic E-state index is 14.2. The third-order valence-electron chi connectivity index (χ3n) is 6.85. The second kappa shape index (κ2) is 11.6. The van der Waals surface area contributed by atoms with Crippen molar-refractivity contribution in [2.75, 3.05) is 57.0 Å². The molecule has 0 aliphatic rings. The number of aryl methyl sites for hydroxylation is 2. The van der Waals surface area contributed by atoms with Gasteiger partial charge in [-0.15, -0.1) is 0 Å². The fourth-order valence-electron chi connectivity index (χ4n) is 4.58. The second-order valence-corrected chi connectivity index (χ2v) is 14.9. The van der Waals surface area contributed by atoms with Crippen molar-refractivity contribution >= 4 is 37.5 Å². The van der Waals surface area contributed by atoms with Gasteiger partial charge >= 0.3 is 10.1 Å². The van der Waals surface area contributed by atoms with Crippen LogP contribution >= 0.6 is 10.3 Å². The quantitative estimate of drug-likeness (QED) is 0.211. The average Bonchev–Trinajstić information content (AvgIpc) is 2.91. The fraction of sp³-hybridized carbons (Fsp3) is 0.250. The lowest BCUT2D eigenvalue weighted by molar-refractivity contribution is 0.507. The summed E-state index contributed by atoms with van der Waals surface area (Å²) < 4.78 is 35.0. The molecule has 0 aliphatic heterocycles. The molecule has 0 fully saturated rings. The third kappa shape index (κ3) is 5.84. The molecule has 0 radical (unpaired) electrons. The molecule has 40 heavy (non-hydrogen) atoms. The van der Waals surface area contributed by atoms with Crippen LogP contribution < -0.4 is 14.7 Å². The Bertz CT molecular complexity index is 1440. The van der Waals surface area contributed by atoms with Gasteiger partial charge < -0.3 is 14.7 Å². The van der Waals surface area contributed by atoms with Crippen molar-refractivity contribution in [3.63, 3.8) is 0 Å². The fourth-order valence-corrected chi connectivity index (χ4v) is 9.96. The lowest BCUT2D eigenvalue weighted by Crippen LogP contribution is -2.16. The molecule has 0 bridgehead atoms. The van der Waals surface area contributed by atoms with Gasteiger partial charge in [0.2, 0.25) is 0 Å². The molecule has 0 atom stereocenters. The monoisotopic (exact) mass is 577 g/mol. The van der Waals surface area contributed by atoms with Crippen molar-refractivity contribution in [3.8, 4) is 0 Å². The first-order chi connectivity index (χ1) is 18.8. The van der Waals surface area contributed by atoms with Crippen LogP contribution in [0.15, 0.2) is 111 Å². The summed E-state index contributed by atoms with van der Waals surface area (Å²) in [4.78, 5) is 8.61. The Hall–Kier alpha value is -3.46. The van der Waals surface area contributed by atoms with Gasteiger partial charge in [0, 0.05) is 74.0 Å². The minimum atomic E-state index is -4.18. The number of hydrogen-bond acceptors (Lipinski definition) is 6. The Morgan fingerprint density at radius 1 is 0.525 bits per heavy atom. The molecule has 4 aromatic rings. The molecule has 6 nitrogen and oxygen atoms in total. The van der Waals surface area contributed by atoms with E-state index in [0.717, 1.165) is 37.3 Å². The molecular weight excluding hydrogens is 539 g/mol. The maximum absolute atomic E-state index is 14.2. The molecule has 0 aliphatic carbocycles. The van der Waals surface area contributed by atoms with Crippen molar-refractivity contribution < 1.29 is 12.0 Å². The van der Waals surface area contributed by atoms with Crippen LogP contribution in [0.4, 0.5) is 17.1 Å². The zero-order valence-corrected chi connectivity index (χ0v) is 26.2. The Kier molecular flexibility index (Phi) is 8.54. The standard InChI is InChI=1S/C32H39N3O3S2/c1-24-9-22-32(25(2)23-24)40(36,37)38-39(29-16-10-26(11-17-29)33(3)4,30-18-12-27(13-19-30)34(5)6)31-20-14-28(15-21-31)35(7)8/h9-23H,1-8H3. The Labute approximate surface area is 241 Å². The lowest BCUT2D eigenvalue weighted by atomic mass is 10.2. The van der Waals surface area contributed by atoms with Gasteiger partial charge in [0.25, 0.3) is 0 Å². The molecule has 8 heteroatoms. The molecule has 212 valence electrons. The number of benzene rings is 4. The minimum Gasteiger partial charge on any atom is -0.378 e. The van der Waals surface area contributed by atoms with Crippen LogP contribution in [0.1, 0.15) is 11.1 Å². The van der Waals surface area contributed by atoms with E-state index in [2.05, 4.69) is 0 Å². The normalized spacial score (nSPS) is 12.2. The molecule has 0 heterocycles. The average molecular weight is 578 g/mol. The first-order valence-corrected chi connectivity index (χ1v) is 16.0. The first-order valence-electron chi connectivity index (χ1n) is 13.0. The summed E-state index contributed by atoms with van der Waals surface area (Å²) in [6.45, 7) is 3.76. The van der Waals surface area contributed by atoms with Crippen molar-refractivity contribution in [1.82, 2.24) is 0 Å². The first kappa shape index (κ1) is 29.5. The van der Waals surface area contributed by atoms with Gasteiger partial charge in [-0.3, -0.25) is 0 Å². The van der Waals surface area contributed by atoms with Crippen molar-refractivity contribution in [2.24, 2.45) is 0 Å². The van der Waals surface area contributed by atoms with E-state index in [4.69, 9.17) is 3.63 Å². The highest BCUT2D eigenvalue weighted by molar-refractivity contribution is 8.33. The van der Waals surface area contributed by atoms with E-state index in [1.165, 1.54) is 0 Å². The third-order valence-corrected chi connectivity index (χ3v) is 12.2. The van der Waals surface area contributed by atoms with E-state index < -0.39 is 20.4 Å². The van der Waals surface area contributed by atoms with Crippen LogP contribution in [-0.4, -0.2) is 50.7 Å². The summed E-state index contributed by atoms with van der Waals surface area (Å²) in [5.41, 5.74) is 4.69. The van der Waals surface area contributed by atoms with Gasteiger partial charge in [0.15, 0.2) is 0 Å². The molecule has 0 saturated heterocycles. The predicted octanol–water partition coefficient (Wildman–Crippen LogP) is 7.10. The van der Waals surface area contributed by atoms with Gasteiger partial charge in [-0.25, -0.2) is 3.63 Å². The molecule has 0 N–H and O–H groups in total. The summed E-state index contributed by atoms with van der Waals surface area (Å²) in [7, 11) is 4.97. The molecule has 0 aromatic heterocycles. The maximum Gasteiger partial charge on any atom is 0.307 e. The molecule has 4 rings (SSSR count). The van der Waals surface area contributed by atoms with Gasteiger partial charge in [0.1, 0.15) is 0 Å². The highest BCUT2D eigenvalue weighted by atomic mass is 32.3. The number of anilines is 3. The zero-order chi connectivity index (χ0) is 29.2. The topological polar surface area (TPSA) is 53.1 Å². The summed E-state index contributed by atoms with van der Waals surface area (Å²) in [5, 5.41) is 0. The van der Waals surface area contributed by atoms with Crippen LogP contribution in [0.2, 0.25) is 0 Å². The summed E-state index contributed by atoms with van der Waals surface area (Å²) in [5.74, 6) is 0. The van der Waals surface area contributed by atoms with Crippen LogP contribution in [0.5, 0.6) is 0 Å². The van der Waals surface area contributed by atoms with E-state index in [1.54, 1.807) is 6.07 Å². The number of hydrogen-bond donors (Lipinski definition) is 0. The van der Waals surface area contributed by atoms with E-state index in [0.29, 0.717) is 5.56 Å². The second-order valence-electron chi connectivity index (χ2n) is 10.5. The van der Waals surface area contributed by atoms with Gasteiger partial charge in [-0.1, -0.05) is 17.7 Å². The van der Waals surface area contributed by atoms with Crippen LogP contribution in [0, 0.1) is 13.8 Å². The molecule has 0 spiro atoms. The summed E-state index contributed by atoms with van der Waals surface area (Å²) in [6.07, 6.45) is 0. The molecule has 0 unspecified atom stereocenters. The lowest BCUT2D eigenvalue weighted by Gasteiger charge is -2.40. The summed E-state index contributed by atoms with van der Waals surface area (Å²) >= 11 is 0. The minimum absolute atomic E-state index is 0.176. The number of rotatable bonds is 9. The summed E-state index contributed by atoms with van der Waals surface area (Å²) in [6, 6.07) is 29.3. The molecule has 4 aromatic carbocycles. The number of nitrogens with zero attached hydrogens (tertiary/aromatic N) is 3.